The van der Waals surface area contributed by atoms with Crippen LogP contribution in [0.3, 0.4) is 0 Å². The van der Waals surface area contributed by atoms with Gasteiger partial charge in [0.05, 0.1) is 0 Å². The number of hydrogen-bond acceptors (Lipinski definition) is 0. The molecule has 23 heavy (non-hydrogen) atoms. The number of rotatable bonds is 4. The van der Waals surface area contributed by atoms with Crippen LogP contribution in [0.4, 0.5) is 0 Å². The molecule has 2 aliphatic carbocycles. The Balaban J connectivity index is 0.00000112. The molecule has 2 saturated carbocycles. The highest BCUT2D eigenvalue weighted by Crippen LogP contribution is 2.54. The lowest BCUT2D eigenvalue weighted by atomic mass is 9.54. The Morgan fingerprint density at radius 1 is 1.00 bits per heavy atom. The molecule has 132 valence electrons. The van der Waals surface area contributed by atoms with Crippen molar-refractivity contribution in [3.63, 3.8) is 0 Å². The van der Waals surface area contributed by atoms with Crippen LogP contribution in [0.5, 0.6) is 0 Å². The van der Waals surface area contributed by atoms with E-state index in [4.69, 9.17) is 0 Å². The van der Waals surface area contributed by atoms with Crippen molar-refractivity contribution in [3.05, 3.63) is 49.6 Å². The van der Waals surface area contributed by atoms with Crippen LogP contribution in [0.15, 0.2) is 49.6 Å². The largest absolute Gasteiger partial charge is 0.103 e. The Hall–Kier alpha value is -1.04. The van der Waals surface area contributed by atoms with Crippen LogP contribution in [0, 0.1) is 29.6 Å². The molecule has 0 radical (unpaired) electrons. The molecule has 0 spiro atoms. The highest BCUT2D eigenvalue weighted by molar-refractivity contribution is 5.21. The van der Waals surface area contributed by atoms with E-state index in [1.165, 1.54) is 36.8 Å². The molecule has 2 rings (SSSR count). The standard InChI is InChI=1S/C19H28.2C2H6/c1-6-9-17-14(5)15(7-2)18-11-10-13(4)12-19(18)16(17)8-3;2*1-2/h6,8,15-19H,1,3-5,7,9-12H2,2H3;2*1-2H3/t15-,16+,17-,18?,19+;;/m1../s1. The quantitative estimate of drug-likeness (QED) is 0.468. The second-order valence-electron chi connectivity index (χ2n) is 6.35. The minimum Gasteiger partial charge on any atom is -0.103 e. The molecular formula is C23H40. The van der Waals surface area contributed by atoms with Crippen molar-refractivity contribution in [1.82, 2.24) is 0 Å². The predicted molar refractivity (Wildman–Crippen MR) is 108 cm³/mol. The van der Waals surface area contributed by atoms with Crippen molar-refractivity contribution in [2.24, 2.45) is 29.6 Å². The summed E-state index contributed by atoms with van der Waals surface area (Å²) in [5, 5.41) is 0. The first-order valence-electron chi connectivity index (χ1n) is 9.72. The molecule has 0 amide bonds. The molecular weight excluding hydrogens is 276 g/mol. The molecule has 0 saturated heterocycles. The van der Waals surface area contributed by atoms with Crippen LogP contribution in [-0.2, 0) is 0 Å². The average molecular weight is 317 g/mol. The number of fused-ring (bicyclic) bond motifs is 1. The van der Waals surface area contributed by atoms with Crippen LogP contribution in [0.1, 0.15) is 66.7 Å². The van der Waals surface area contributed by atoms with Crippen LogP contribution in [0.25, 0.3) is 0 Å². The zero-order valence-corrected chi connectivity index (χ0v) is 16.4. The molecule has 0 aromatic heterocycles. The third-order valence-corrected chi connectivity index (χ3v) is 5.47. The molecule has 0 heterocycles. The lowest BCUT2D eigenvalue weighted by Gasteiger charge is -2.50. The number of hydrogen-bond donors (Lipinski definition) is 0. The second kappa shape index (κ2) is 11.5. The van der Waals surface area contributed by atoms with Crippen molar-refractivity contribution >= 4 is 0 Å². The Bertz CT molecular complexity index is 387. The van der Waals surface area contributed by atoms with Gasteiger partial charge in [-0.1, -0.05) is 71.1 Å². The summed E-state index contributed by atoms with van der Waals surface area (Å²) in [5.74, 6) is 3.34. The summed E-state index contributed by atoms with van der Waals surface area (Å²) in [4.78, 5) is 0. The van der Waals surface area contributed by atoms with E-state index >= 15 is 0 Å². The monoisotopic (exact) mass is 316 g/mol. The Labute approximate surface area is 146 Å². The molecule has 0 heteroatoms. The minimum atomic E-state index is 0.548. The lowest BCUT2D eigenvalue weighted by molar-refractivity contribution is 0.0909. The first kappa shape index (κ1) is 22.0. The molecule has 5 atom stereocenters. The second-order valence-corrected chi connectivity index (χ2v) is 6.35. The molecule has 2 aliphatic rings. The van der Waals surface area contributed by atoms with E-state index in [-0.39, 0.29) is 0 Å². The van der Waals surface area contributed by atoms with E-state index in [2.05, 4.69) is 45.4 Å². The van der Waals surface area contributed by atoms with Gasteiger partial charge in [0.25, 0.3) is 0 Å². The molecule has 1 unspecified atom stereocenters. The Morgan fingerprint density at radius 3 is 2.09 bits per heavy atom. The summed E-state index contributed by atoms with van der Waals surface area (Å²) >= 11 is 0. The Morgan fingerprint density at radius 2 is 1.61 bits per heavy atom. The molecule has 0 aromatic rings. The zero-order chi connectivity index (χ0) is 18.0. The predicted octanol–water partition coefficient (Wildman–Crippen LogP) is 7.60. The van der Waals surface area contributed by atoms with Gasteiger partial charge in [-0.2, -0.15) is 0 Å². The van der Waals surface area contributed by atoms with Gasteiger partial charge in [-0.3, -0.25) is 0 Å². The fourth-order valence-electron chi connectivity index (χ4n) is 4.58. The summed E-state index contributed by atoms with van der Waals surface area (Å²) in [6.07, 6.45) is 10.2. The third kappa shape index (κ3) is 4.96. The molecule has 0 aliphatic heterocycles. The lowest BCUT2D eigenvalue weighted by Crippen LogP contribution is -2.42. The van der Waals surface area contributed by atoms with Gasteiger partial charge in [0.2, 0.25) is 0 Å². The van der Waals surface area contributed by atoms with Crippen molar-refractivity contribution in [3.8, 4) is 0 Å². The minimum absolute atomic E-state index is 0.548. The van der Waals surface area contributed by atoms with Gasteiger partial charge < -0.3 is 0 Å². The normalized spacial score (nSPS) is 32.5. The van der Waals surface area contributed by atoms with E-state index < -0.39 is 0 Å². The van der Waals surface area contributed by atoms with E-state index in [0.29, 0.717) is 17.8 Å². The number of allylic oxidation sites excluding steroid dienone is 4. The fraction of sp³-hybridized carbons (Fsp3) is 0.652. The van der Waals surface area contributed by atoms with Crippen molar-refractivity contribution in [1.29, 1.82) is 0 Å². The van der Waals surface area contributed by atoms with Crippen LogP contribution >= 0.6 is 0 Å². The molecule has 0 N–H and O–H groups in total. The van der Waals surface area contributed by atoms with Crippen LogP contribution < -0.4 is 0 Å². The van der Waals surface area contributed by atoms with Gasteiger partial charge in [-0.15, -0.1) is 13.2 Å². The van der Waals surface area contributed by atoms with Gasteiger partial charge in [0, 0.05) is 0 Å². The maximum atomic E-state index is 4.46. The van der Waals surface area contributed by atoms with Crippen molar-refractivity contribution < 1.29 is 0 Å². The van der Waals surface area contributed by atoms with E-state index in [0.717, 1.165) is 18.3 Å². The van der Waals surface area contributed by atoms with Gasteiger partial charge in [0.1, 0.15) is 0 Å². The maximum Gasteiger partial charge on any atom is -0.0103 e. The van der Waals surface area contributed by atoms with E-state index in [1.54, 1.807) is 0 Å². The summed E-state index contributed by atoms with van der Waals surface area (Å²) in [5.41, 5.74) is 2.90. The van der Waals surface area contributed by atoms with Crippen LogP contribution in [-0.4, -0.2) is 0 Å². The summed E-state index contributed by atoms with van der Waals surface area (Å²) in [6, 6.07) is 0. The van der Waals surface area contributed by atoms with E-state index in [9.17, 15) is 0 Å². The highest BCUT2D eigenvalue weighted by Gasteiger charge is 2.45. The van der Waals surface area contributed by atoms with Crippen molar-refractivity contribution in [2.75, 3.05) is 0 Å². The van der Waals surface area contributed by atoms with E-state index in [1.807, 2.05) is 27.7 Å². The molecule has 0 aromatic carbocycles. The summed E-state index contributed by atoms with van der Waals surface area (Å²) in [6.45, 7) is 27.1. The first-order valence-corrected chi connectivity index (χ1v) is 9.72. The zero-order valence-electron chi connectivity index (χ0n) is 16.4. The first-order chi connectivity index (χ1) is 11.1. The van der Waals surface area contributed by atoms with Gasteiger partial charge in [-0.05, 0) is 61.7 Å². The Kier molecular flexibility index (Phi) is 11.0. The molecule has 0 nitrogen and oxygen atoms in total. The summed E-state index contributed by atoms with van der Waals surface area (Å²) < 4.78 is 0. The van der Waals surface area contributed by atoms with Crippen molar-refractivity contribution in [2.45, 2.75) is 66.7 Å². The highest BCUT2D eigenvalue weighted by atomic mass is 14.5. The third-order valence-electron chi connectivity index (χ3n) is 5.47. The van der Waals surface area contributed by atoms with Gasteiger partial charge in [-0.25, -0.2) is 0 Å². The average Bonchev–Trinajstić information content (AvgIpc) is 2.60. The molecule has 2 fully saturated rings. The molecule has 0 bridgehead atoms. The van der Waals surface area contributed by atoms with Crippen LogP contribution in [0.2, 0.25) is 0 Å². The topological polar surface area (TPSA) is 0 Å². The summed E-state index contributed by atoms with van der Waals surface area (Å²) in [7, 11) is 0. The fourth-order valence-corrected chi connectivity index (χ4v) is 4.58. The SMILES string of the molecule is C=CC[C@@H]1C(=C)[C@@H](CC)C2CCC(=C)C[C@H]2[C@H]1C=C.CC.CC. The van der Waals surface area contributed by atoms with Gasteiger partial charge >= 0.3 is 0 Å². The maximum absolute atomic E-state index is 4.46. The smallest absolute Gasteiger partial charge is 0.0103 e. The van der Waals surface area contributed by atoms with Gasteiger partial charge in [0.15, 0.2) is 0 Å².